The Labute approximate surface area is 142 Å². The van der Waals surface area contributed by atoms with Crippen molar-refractivity contribution in [3.63, 3.8) is 0 Å². The summed E-state index contributed by atoms with van der Waals surface area (Å²) in [6.07, 6.45) is 5.17. The van der Waals surface area contributed by atoms with Crippen molar-refractivity contribution in [1.29, 1.82) is 5.26 Å². The molecule has 5 nitrogen and oxygen atoms in total. The molecule has 106 valence electrons. The highest BCUT2D eigenvalue weighted by Crippen LogP contribution is 2.41. The van der Waals surface area contributed by atoms with Crippen molar-refractivity contribution < 1.29 is 4.42 Å². The third kappa shape index (κ3) is 1.88. The second-order valence-corrected chi connectivity index (χ2v) is 6.85. The van der Waals surface area contributed by atoms with E-state index in [2.05, 4.69) is 38.6 Å². The SMILES string of the molecule is N#Cc1sc2cnccc2c1-c1cc2c(I)cnc(N)c2o1. The summed E-state index contributed by atoms with van der Waals surface area (Å²) >= 11 is 3.60. The molecular formula is C15H7IN4OS. The third-order valence-corrected chi connectivity index (χ3v) is 5.28. The summed E-state index contributed by atoms with van der Waals surface area (Å²) in [6.45, 7) is 0. The van der Waals surface area contributed by atoms with Crippen LogP contribution in [-0.4, -0.2) is 9.97 Å². The van der Waals surface area contributed by atoms with E-state index in [9.17, 15) is 5.26 Å². The zero-order valence-corrected chi connectivity index (χ0v) is 14.0. The highest BCUT2D eigenvalue weighted by molar-refractivity contribution is 14.1. The number of rotatable bonds is 1. The molecule has 4 aromatic rings. The van der Waals surface area contributed by atoms with E-state index in [0.29, 0.717) is 22.0 Å². The lowest BCUT2D eigenvalue weighted by molar-refractivity contribution is 0.632. The van der Waals surface area contributed by atoms with Crippen molar-refractivity contribution in [3.8, 4) is 17.4 Å². The quantitative estimate of drug-likeness (QED) is 0.469. The molecule has 2 N–H and O–H groups in total. The van der Waals surface area contributed by atoms with Gasteiger partial charge in [-0.1, -0.05) is 0 Å². The number of furan rings is 1. The first-order chi connectivity index (χ1) is 10.7. The number of pyridine rings is 2. The fraction of sp³-hybridized carbons (Fsp3) is 0. The molecule has 0 bridgehead atoms. The fourth-order valence-electron chi connectivity index (χ4n) is 2.41. The highest BCUT2D eigenvalue weighted by atomic mass is 127. The van der Waals surface area contributed by atoms with Gasteiger partial charge in [0, 0.05) is 32.9 Å². The van der Waals surface area contributed by atoms with E-state index in [4.69, 9.17) is 10.2 Å². The highest BCUT2D eigenvalue weighted by Gasteiger charge is 2.19. The van der Waals surface area contributed by atoms with Gasteiger partial charge in [0.25, 0.3) is 0 Å². The second kappa shape index (κ2) is 4.93. The number of anilines is 1. The van der Waals surface area contributed by atoms with Crippen molar-refractivity contribution in [2.45, 2.75) is 0 Å². The van der Waals surface area contributed by atoms with Crippen LogP contribution in [0.4, 0.5) is 5.82 Å². The number of fused-ring (bicyclic) bond motifs is 2. The Morgan fingerprint density at radius 2 is 2.18 bits per heavy atom. The molecule has 7 heteroatoms. The lowest BCUT2D eigenvalue weighted by Gasteiger charge is -1.96. The van der Waals surface area contributed by atoms with Crippen LogP contribution in [0.25, 0.3) is 32.4 Å². The predicted octanol–water partition coefficient (Wildman–Crippen LogP) is 4.16. The Bertz CT molecular complexity index is 1040. The molecule has 0 amide bonds. The summed E-state index contributed by atoms with van der Waals surface area (Å²) in [4.78, 5) is 8.82. The van der Waals surface area contributed by atoms with E-state index >= 15 is 0 Å². The number of nitrogens with two attached hydrogens (primary N) is 1. The molecule has 4 aromatic heterocycles. The maximum atomic E-state index is 9.42. The van der Waals surface area contributed by atoms with Crippen molar-refractivity contribution in [2.24, 2.45) is 0 Å². The molecule has 22 heavy (non-hydrogen) atoms. The zero-order chi connectivity index (χ0) is 15.3. The van der Waals surface area contributed by atoms with Gasteiger partial charge in [-0.05, 0) is 34.7 Å². The summed E-state index contributed by atoms with van der Waals surface area (Å²) in [5.74, 6) is 0.975. The topological polar surface area (TPSA) is 88.7 Å². The van der Waals surface area contributed by atoms with E-state index in [0.717, 1.165) is 24.6 Å². The summed E-state index contributed by atoms with van der Waals surface area (Å²) in [5, 5.41) is 11.3. The van der Waals surface area contributed by atoms with E-state index in [-0.39, 0.29) is 0 Å². The van der Waals surface area contributed by atoms with Crippen molar-refractivity contribution in [2.75, 3.05) is 5.73 Å². The molecule has 0 saturated carbocycles. The minimum atomic E-state index is 0.348. The van der Waals surface area contributed by atoms with Gasteiger partial charge >= 0.3 is 0 Å². The molecule has 0 aliphatic rings. The smallest absolute Gasteiger partial charge is 0.177 e. The van der Waals surface area contributed by atoms with Gasteiger partial charge < -0.3 is 10.2 Å². The molecule has 0 aliphatic carbocycles. The van der Waals surface area contributed by atoms with Gasteiger partial charge in [0.1, 0.15) is 16.7 Å². The first-order valence-corrected chi connectivity index (χ1v) is 8.19. The van der Waals surface area contributed by atoms with E-state index in [1.54, 1.807) is 18.6 Å². The summed E-state index contributed by atoms with van der Waals surface area (Å²) in [6, 6.07) is 6.04. The van der Waals surface area contributed by atoms with E-state index in [1.165, 1.54) is 11.3 Å². The number of halogens is 1. The van der Waals surface area contributed by atoms with Crippen LogP contribution in [0.3, 0.4) is 0 Å². The summed E-state index contributed by atoms with van der Waals surface area (Å²) in [7, 11) is 0. The van der Waals surface area contributed by atoms with Gasteiger partial charge in [-0.15, -0.1) is 11.3 Å². The van der Waals surface area contributed by atoms with Crippen LogP contribution in [0.15, 0.2) is 35.1 Å². The second-order valence-electron chi connectivity index (χ2n) is 4.63. The number of nitriles is 1. The number of hydrogen-bond acceptors (Lipinski definition) is 6. The Morgan fingerprint density at radius 1 is 1.32 bits per heavy atom. The molecule has 0 aliphatic heterocycles. The lowest BCUT2D eigenvalue weighted by Crippen LogP contribution is -1.90. The van der Waals surface area contributed by atoms with Gasteiger partial charge in [-0.3, -0.25) is 4.98 Å². The van der Waals surface area contributed by atoms with Crippen molar-refractivity contribution >= 4 is 60.8 Å². The van der Waals surface area contributed by atoms with Crippen LogP contribution < -0.4 is 5.73 Å². The van der Waals surface area contributed by atoms with Crippen LogP contribution >= 0.6 is 33.9 Å². The van der Waals surface area contributed by atoms with Crippen LogP contribution in [0.5, 0.6) is 0 Å². The minimum Gasteiger partial charge on any atom is -0.452 e. The van der Waals surface area contributed by atoms with Gasteiger partial charge in [-0.25, -0.2) is 4.98 Å². The van der Waals surface area contributed by atoms with Crippen LogP contribution in [0.2, 0.25) is 0 Å². The Balaban J connectivity index is 2.10. The van der Waals surface area contributed by atoms with Crippen molar-refractivity contribution in [3.05, 3.63) is 39.2 Å². The standard InChI is InChI=1S/C15H7IN4OS/c16-9-5-20-15(18)14-8(9)3-10(21-14)13-7-1-2-19-6-12(7)22-11(13)4-17/h1-3,5-6H,(H2,18,20). The largest absolute Gasteiger partial charge is 0.452 e. The Morgan fingerprint density at radius 3 is 2.95 bits per heavy atom. The number of thiophene rings is 1. The maximum absolute atomic E-state index is 9.42. The third-order valence-electron chi connectivity index (χ3n) is 3.38. The lowest BCUT2D eigenvalue weighted by atomic mass is 10.1. The molecule has 4 rings (SSSR count). The molecule has 4 heterocycles. The van der Waals surface area contributed by atoms with Gasteiger partial charge in [-0.2, -0.15) is 5.26 Å². The van der Waals surface area contributed by atoms with Crippen LogP contribution in [-0.2, 0) is 0 Å². The molecule has 0 unspecified atom stereocenters. The number of nitrogens with zero attached hydrogens (tertiary/aromatic N) is 3. The number of hydrogen-bond donors (Lipinski definition) is 1. The van der Waals surface area contributed by atoms with Crippen molar-refractivity contribution in [1.82, 2.24) is 9.97 Å². The Kier molecular flexibility index (Phi) is 3.02. The average molecular weight is 418 g/mol. The van der Waals surface area contributed by atoms with Crippen LogP contribution in [0.1, 0.15) is 4.88 Å². The number of nitrogen functional groups attached to an aromatic ring is 1. The summed E-state index contributed by atoms with van der Waals surface area (Å²) in [5.41, 5.74) is 7.24. The number of aromatic nitrogens is 2. The predicted molar refractivity (Wildman–Crippen MR) is 94.5 cm³/mol. The maximum Gasteiger partial charge on any atom is 0.177 e. The van der Waals surface area contributed by atoms with E-state index in [1.807, 2.05) is 12.1 Å². The molecule has 0 spiro atoms. The first-order valence-electron chi connectivity index (χ1n) is 6.29. The zero-order valence-electron chi connectivity index (χ0n) is 11.0. The molecule has 0 aromatic carbocycles. The molecule has 0 radical (unpaired) electrons. The van der Waals surface area contributed by atoms with Gasteiger partial charge in [0.2, 0.25) is 0 Å². The summed E-state index contributed by atoms with van der Waals surface area (Å²) < 4.78 is 7.83. The van der Waals surface area contributed by atoms with E-state index < -0.39 is 0 Å². The van der Waals surface area contributed by atoms with Gasteiger partial charge in [0.15, 0.2) is 11.4 Å². The Hall–Kier alpha value is -2.18. The first kappa shape index (κ1) is 13.5. The molecule has 0 atom stereocenters. The fourth-order valence-corrected chi connectivity index (χ4v) is 3.92. The molecule has 0 saturated heterocycles. The average Bonchev–Trinajstić information content (AvgIpc) is 3.12. The normalized spacial score (nSPS) is 11.1. The molecular weight excluding hydrogens is 411 g/mol. The van der Waals surface area contributed by atoms with Crippen LogP contribution in [0, 0.1) is 14.9 Å². The monoisotopic (exact) mass is 418 g/mol. The van der Waals surface area contributed by atoms with Gasteiger partial charge in [0.05, 0.1) is 10.3 Å². The minimum absolute atomic E-state index is 0.348. The molecule has 0 fully saturated rings.